The molecule has 1 saturated heterocycles. The number of fused-ring (bicyclic) bond motifs is 1. The van der Waals surface area contributed by atoms with Crippen LogP contribution in [-0.4, -0.2) is 32.3 Å². The van der Waals surface area contributed by atoms with Crippen LogP contribution in [0.25, 0.3) is 22.3 Å². The van der Waals surface area contributed by atoms with Crippen molar-refractivity contribution in [3.05, 3.63) is 60.9 Å². The number of anilines is 1. The first-order chi connectivity index (χ1) is 16.6. The molecule has 4 aromatic rings. The molecule has 2 aromatic carbocycles. The molecule has 6 rings (SSSR count). The van der Waals surface area contributed by atoms with Crippen molar-refractivity contribution in [2.24, 2.45) is 5.41 Å². The fourth-order valence-corrected chi connectivity index (χ4v) is 5.78. The number of nitrogens with one attached hydrogen (secondary N) is 1. The number of aromatic nitrogens is 4. The van der Waals surface area contributed by atoms with Crippen LogP contribution in [0.5, 0.6) is 11.5 Å². The molecule has 0 bridgehead atoms. The zero-order chi connectivity index (χ0) is 23.1. The van der Waals surface area contributed by atoms with E-state index in [0.717, 1.165) is 53.2 Å². The molecule has 2 fully saturated rings. The van der Waals surface area contributed by atoms with Crippen molar-refractivity contribution in [2.45, 2.75) is 51.1 Å². The van der Waals surface area contributed by atoms with Crippen molar-refractivity contribution < 1.29 is 4.74 Å². The summed E-state index contributed by atoms with van der Waals surface area (Å²) in [4.78, 5) is 8.88. The molecule has 0 amide bonds. The lowest BCUT2D eigenvalue weighted by atomic mass is 9.71. The Hall–Kier alpha value is -3.45. The molecule has 0 unspecified atom stereocenters. The second-order valence-corrected chi connectivity index (χ2v) is 9.91. The average Bonchev–Trinajstić information content (AvgIpc) is 3.43. The molecule has 174 valence electrons. The van der Waals surface area contributed by atoms with Gasteiger partial charge in [0.25, 0.3) is 0 Å². The Bertz CT molecular complexity index is 1290. The fourth-order valence-electron chi connectivity index (χ4n) is 5.78. The maximum Gasteiger partial charge on any atom is 0.164 e. The number of hydrogen-bond acceptors (Lipinski definition) is 6. The van der Waals surface area contributed by atoms with Gasteiger partial charge in [-0.15, -0.1) is 0 Å². The van der Waals surface area contributed by atoms with Crippen LogP contribution in [-0.2, 0) is 0 Å². The van der Waals surface area contributed by atoms with E-state index in [1.807, 2.05) is 54.6 Å². The van der Waals surface area contributed by atoms with Crippen LogP contribution >= 0.6 is 0 Å². The minimum absolute atomic E-state index is 0.327. The highest BCUT2D eigenvalue weighted by Gasteiger charge is 2.41. The van der Waals surface area contributed by atoms with Crippen LogP contribution in [0.15, 0.2) is 60.9 Å². The first-order valence-corrected chi connectivity index (χ1v) is 12.2. The van der Waals surface area contributed by atoms with E-state index in [4.69, 9.17) is 15.6 Å². The van der Waals surface area contributed by atoms with Gasteiger partial charge in [0.1, 0.15) is 29.3 Å². The van der Waals surface area contributed by atoms with E-state index in [1.54, 1.807) is 6.33 Å². The summed E-state index contributed by atoms with van der Waals surface area (Å²) in [6.07, 6.45) is 7.48. The molecule has 1 aliphatic carbocycles. The van der Waals surface area contributed by atoms with Gasteiger partial charge in [0.15, 0.2) is 5.65 Å². The molecule has 1 spiro atoms. The van der Waals surface area contributed by atoms with Crippen molar-refractivity contribution in [3.63, 3.8) is 0 Å². The van der Waals surface area contributed by atoms with Crippen LogP contribution in [0.2, 0.25) is 0 Å². The van der Waals surface area contributed by atoms with Gasteiger partial charge in [-0.3, -0.25) is 0 Å². The molecule has 0 radical (unpaired) electrons. The minimum atomic E-state index is 0.327. The van der Waals surface area contributed by atoms with Gasteiger partial charge in [-0.25, -0.2) is 14.6 Å². The Morgan fingerprint density at radius 3 is 2.44 bits per heavy atom. The lowest BCUT2D eigenvalue weighted by Crippen LogP contribution is -2.31. The summed E-state index contributed by atoms with van der Waals surface area (Å²) in [5.74, 6) is 2.06. The van der Waals surface area contributed by atoms with Crippen LogP contribution in [0, 0.1) is 5.41 Å². The van der Waals surface area contributed by atoms with Crippen molar-refractivity contribution in [3.8, 4) is 22.8 Å². The Morgan fingerprint density at radius 1 is 1.00 bits per heavy atom. The lowest BCUT2D eigenvalue weighted by Gasteiger charge is -2.37. The second kappa shape index (κ2) is 8.40. The molecular formula is C27H30N6O. The maximum atomic E-state index is 6.34. The van der Waals surface area contributed by atoms with Crippen LogP contribution in [0.4, 0.5) is 5.82 Å². The molecule has 3 N–H and O–H groups in total. The second-order valence-electron chi connectivity index (χ2n) is 9.91. The first kappa shape index (κ1) is 21.1. The zero-order valence-electron chi connectivity index (χ0n) is 19.4. The summed E-state index contributed by atoms with van der Waals surface area (Å²) in [5.41, 5.74) is 9.42. The van der Waals surface area contributed by atoms with Gasteiger partial charge in [-0.2, -0.15) is 5.10 Å². The third-order valence-corrected chi connectivity index (χ3v) is 7.55. The van der Waals surface area contributed by atoms with Gasteiger partial charge < -0.3 is 15.8 Å². The van der Waals surface area contributed by atoms with Gasteiger partial charge in [-0.05, 0) is 80.8 Å². The fraction of sp³-hybridized carbons (Fsp3) is 0.370. The van der Waals surface area contributed by atoms with Crippen molar-refractivity contribution in [2.75, 3.05) is 12.3 Å². The maximum absolute atomic E-state index is 6.34. The molecule has 3 heterocycles. The van der Waals surface area contributed by atoms with Gasteiger partial charge in [0.05, 0.1) is 11.4 Å². The standard InChI is InChI=1S/C27H30N6O/c1-18-15-27(16-29-18)13-11-20(12-14-27)33-26-23(25(28)30-17-31-26)24(32-33)19-7-9-22(10-8-19)34-21-5-3-2-4-6-21/h2-10,17-18,20,29H,11-16H2,1H3,(H2,28,30,31)/t18-,20?,27?/m0/s1. The predicted octanol–water partition coefficient (Wildman–Crippen LogP) is 5.35. The van der Waals surface area contributed by atoms with E-state index in [0.29, 0.717) is 23.3 Å². The van der Waals surface area contributed by atoms with Gasteiger partial charge >= 0.3 is 0 Å². The summed E-state index contributed by atoms with van der Waals surface area (Å²) in [5, 5.41) is 9.54. The molecule has 1 aliphatic heterocycles. The third kappa shape index (κ3) is 3.80. The SMILES string of the molecule is C[C@H]1CC2(CCC(n3nc(-c4ccc(Oc5ccccc5)cc4)c4c(N)ncnc43)CC2)CN1. The number of rotatable bonds is 4. The van der Waals surface area contributed by atoms with E-state index in [9.17, 15) is 0 Å². The number of hydrogen-bond donors (Lipinski definition) is 2. The number of para-hydroxylation sites is 1. The molecule has 34 heavy (non-hydrogen) atoms. The molecular weight excluding hydrogens is 424 g/mol. The van der Waals surface area contributed by atoms with Gasteiger partial charge in [0.2, 0.25) is 0 Å². The number of nitrogens with two attached hydrogens (primary N) is 1. The topological polar surface area (TPSA) is 90.9 Å². The number of ether oxygens (including phenoxy) is 1. The molecule has 7 heteroatoms. The van der Waals surface area contributed by atoms with E-state index in [-0.39, 0.29) is 0 Å². The summed E-state index contributed by atoms with van der Waals surface area (Å²) in [6, 6.07) is 18.7. The normalized spacial score (nSPS) is 24.6. The average molecular weight is 455 g/mol. The smallest absolute Gasteiger partial charge is 0.164 e. The summed E-state index contributed by atoms with van der Waals surface area (Å²) >= 11 is 0. The Labute approximate surface area is 199 Å². The van der Waals surface area contributed by atoms with Crippen molar-refractivity contribution >= 4 is 16.9 Å². The summed E-state index contributed by atoms with van der Waals surface area (Å²) in [6.45, 7) is 3.43. The Kier molecular flexibility index (Phi) is 5.21. The highest BCUT2D eigenvalue weighted by atomic mass is 16.5. The highest BCUT2D eigenvalue weighted by molar-refractivity contribution is 5.98. The minimum Gasteiger partial charge on any atom is -0.457 e. The van der Waals surface area contributed by atoms with Crippen molar-refractivity contribution in [1.29, 1.82) is 0 Å². The molecule has 1 saturated carbocycles. The van der Waals surface area contributed by atoms with Crippen LogP contribution in [0.3, 0.4) is 0 Å². The van der Waals surface area contributed by atoms with E-state index in [1.165, 1.54) is 19.3 Å². The van der Waals surface area contributed by atoms with Gasteiger partial charge in [-0.1, -0.05) is 18.2 Å². The van der Waals surface area contributed by atoms with Crippen LogP contribution < -0.4 is 15.8 Å². The Morgan fingerprint density at radius 2 is 1.74 bits per heavy atom. The number of nitrogen functional groups attached to an aromatic ring is 1. The Balaban J connectivity index is 1.30. The highest BCUT2D eigenvalue weighted by Crippen LogP contribution is 2.47. The largest absolute Gasteiger partial charge is 0.457 e. The summed E-state index contributed by atoms with van der Waals surface area (Å²) in [7, 11) is 0. The zero-order valence-corrected chi connectivity index (χ0v) is 19.4. The molecule has 2 aromatic heterocycles. The third-order valence-electron chi connectivity index (χ3n) is 7.55. The monoisotopic (exact) mass is 454 g/mol. The molecule has 2 aliphatic rings. The molecule has 1 atom stereocenters. The van der Waals surface area contributed by atoms with Gasteiger partial charge in [0, 0.05) is 18.2 Å². The van der Waals surface area contributed by atoms with E-state index in [2.05, 4.69) is 26.9 Å². The lowest BCUT2D eigenvalue weighted by molar-refractivity contribution is 0.165. The van der Waals surface area contributed by atoms with Crippen molar-refractivity contribution in [1.82, 2.24) is 25.1 Å². The first-order valence-electron chi connectivity index (χ1n) is 12.2. The quantitative estimate of drug-likeness (QED) is 0.432. The number of benzene rings is 2. The predicted molar refractivity (Wildman–Crippen MR) is 134 cm³/mol. The number of nitrogens with zero attached hydrogens (tertiary/aromatic N) is 4. The summed E-state index contributed by atoms with van der Waals surface area (Å²) < 4.78 is 8.06. The van der Waals surface area contributed by atoms with E-state index < -0.39 is 0 Å². The van der Waals surface area contributed by atoms with E-state index >= 15 is 0 Å². The molecule has 7 nitrogen and oxygen atoms in total. The van der Waals surface area contributed by atoms with Crippen LogP contribution in [0.1, 0.15) is 45.1 Å².